The molecular weight excluding hydrogens is 254 g/mol. The van der Waals surface area contributed by atoms with E-state index in [4.69, 9.17) is 27.0 Å². The normalized spacial score (nSPS) is 11.9. The minimum Gasteiger partial charge on any atom is -0.326 e. The largest absolute Gasteiger partial charge is 0.326 e. The van der Waals surface area contributed by atoms with Crippen LogP contribution in [-0.2, 0) is 16.3 Å². The summed E-state index contributed by atoms with van der Waals surface area (Å²) in [7, 11) is 0. The molecule has 0 unspecified atom stereocenters. The van der Waals surface area contributed by atoms with Crippen molar-refractivity contribution in [2.75, 3.05) is 11.9 Å². The van der Waals surface area contributed by atoms with E-state index >= 15 is 0 Å². The van der Waals surface area contributed by atoms with E-state index in [1.165, 1.54) is 0 Å². The lowest BCUT2D eigenvalue weighted by Gasteiger charge is -2.02. The highest BCUT2D eigenvalue weighted by molar-refractivity contribution is 9.09. The maximum atomic E-state index is 5.36. The average Bonchev–Trinajstić information content (AvgIpc) is 1.59. The van der Waals surface area contributed by atoms with Crippen molar-refractivity contribution in [1.29, 1.82) is 0 Å². The van der Waals surface area contributed by atoms with Gasteiger partial charge in [0.15, 0.2) is 0 Å². The smallest absolute Gasteiger partial charge is 0.240 e. The molecule has 1 nitrogen and oxygen atoms in total. The first-order valence-electron chi connectivity index (χ1n) is 1.76. The highest BCUT2D eigenvalue weighted by Gasteiger charge is 2.05. The molecule has 0 radical (unpaired) electrons. The van der Waals surface area contributed by atoms with Gasteiger partial charge in [0.1, 0.15) is 0 Å². The van der Waals surface area contributed by atoms with Crippen molar-refractivity contribution < 1.29 is 4.52 Å². The standard InChI is InChI=1S/C2H4BrCl2OPS/c3-1-2-6-7(4,5)8/h1-2H2. The summed E-state index contributed by atoms with van der Waals surface area (Å²) in [6.45, 7) is 0.476. The van der Waals surface area contributed by atoms with Crippen molar-refractivity contribution >= 4 is 55.2 Å². The van der Waals surface area contributed by atoms with Crippen molar-refractivity contribution in [3.8, 4) is 0 Å². The van der Waals surface area contributed by atoms with Crippen LogP contribution in [-0.4, -0.2) is 11.9 Å². The third kappa shape index (κ3) is 7.67. The summed E-state index contributed by atoms with van der Waals surface area (Å²) in [5.41, 5.74) is 0. The first kappa shape index (κ1) is 9.67. The second-order valence-corrected chi connectivity index (χ2v) is 8.94. The van der Waals surface area contributed by atoms with E-state index in [9.17, 15) is 0 Å². The number of hydrogen-bond donors (Lipinski definition) is 0. The Bertz CT molecular complexity index is 104. The van der Waals surface area contributed by atoms with Crippen LogP contribution in [0, 0.1) is 0 Å². The molecule has 0 saturated heterocycles. The molecule has 0 rings (SSSR count). The summed E-state index contributed by atoms with van der Waals surface area (Å²) < 4.78 is 4.79. The van der Waals surface area contributed by atoms with Gasteiger partial charge in [0.2, 0.25) is 4.97 Å². The first-order valence-corrected chi connectivity index (χ1v) is 7.41. The van der Waals surface area contributed by atoms with Crippen molar-refractivity contribution in [3.05, 3.63) is 0 Å². The van der Waals surface area contributed by atoms with E-state index in [0.29, 0.717) is 11.9 Å². The van der Waals surface area contributed by atoms with Crippen molar-refractivity contribution in [3.63, 3.8) is 0 Å². The minimum atomic E-state index is -2.43. The van der Waals surface area contributed by atoms with Crippen LogP contribution in [0.4, 0.5) is 0 Å². The number of rotatable bonds is 3. The molecule has 6 heteroatoms. The monoisotopic (exact) mass is 256 g/mol. The highest BCUT2D eigenvalue weighted by Crippen LogP contribution is 2.57. The van der Waals surface area contributed by atoms with E-state index in [0.717, 1.165) is 0 Å². The van der Waals surface area contributed by atoms with Crippen LogP contribution < -0.4 is 0 Å². The fraction of sp³-hybridized carbons (Fsp3) is 1.00. The maximum Gasteiger partial charge on any atom is 0.240 e. The molecular formula is C2H4BrCl2OPS. The van der Waals surface area contributed by atoms with Crippen LogP contribution in [0.1, 0.15) is 0 Å². The summed E-state index contributed by atoms with van der Waals surface area (Å²) in [5.74, 6) is 0. The molecule has 0 aliphatic carbocycles. The summed E-state index contributed by atoms with van der Waals surface area (Å²) in [6, 6.07) is 0. The first-order chi connectivity index (χ1) is 3.56. The van der Waals surface area contributed by atoms with Gasteiger partial charge in [-0.15, -0.1) is 0 Å². The molecule has 0 fully saturated rings. The lowest BCUT2D eigenvalue weighted by atomic mass is 10.9. The van der Waals surface area contributed by atoms with Crippen LogP contribution in [0.25, 0.3) is 0 Å². The van der Waals surface area contributed by atoms with Gasteiger partial charge < -0.3 is 4.52 Å². The maximum absolute atomic E-state index is 5.36. The fourth-order valence-electron chi connectivity index (χ4n) is 0.141. The molecule has 0 amide bonds. The van der Waals surface area contributed by atoms with Gasteiger partial charge in [-0.05, 0) is 34.3 Å². The Morgan fingerprint density at radius 2 is 2.12 bits per heavy atom. The van der Waals surface area contributed by atoms with Gasteiger partial charge in [0.25, 0.3) is 0 Å². The second kappa shape index (κ2) is 4.48. The summed E-state index contributed by atoms with van der Waals surface area (Å²) in [4.78, 5) is -2.43. The molecule has 0 heterocycles. The number of alkyl halides is 1. The number of halogens is 3. The van der Waals surface area contributed by atoms with Gasteiger partial charge in [-0.2, -0.15) is 0 Å². The van der Waals surface area contributed by atoms with E-state index in [2.05, 4.69) is 27.7 Å². The zero-order valence-electron chi connectivity index (χ0n) is 3.81. The molecule has 0 bridgehead atoms. The summed E-state index contributed by atoms with van der Waals surface area (Å²) in [5, 5.41) is 0.713. The Labute approximate surface area is 71.5 Å². The number of hydrogen-bond acceptors (Lipinski definition) is 2. The molecule has 0 saturated carbocycles. The zero-order valence-corrected chi connectivity index (χ0v) is 8.62. The molecule has 8 heavy (non-hydrogen) atoms. The van der Waals surface area contributed by atoms with E-state index < -0.39 is 4.97 Å². The van der Waals surface area contributed by atoms with Crippen molar-refractivity contribution in [1.82, 2.24) is 0 Å². The van der Waals surface area contributed by atoms with Gasteiger partial charge in [0.05, 0.1) is 6.61 Å². The van der Waals surface area contributed by atoms with Gasteiger partial charge in [0, 0.05) is 5.33 Å². The Morgan fingerprint density at radius 3 is 2.25 bits per heavy atom. The van der Waals surface area contributed by atoms with Crippen LogP contribution >= 0.6 is 43.4 Å². The molecule has 0 aliphatic heterocycles. The Kier molecular flexibility index (Phi) is 5.42. The predicted octanol–water partition coefficient (Wildman–Crippen LogP) is 3.10. The Morgan fingerprint density at radius 1 is 1.62 bits per heavy atom. The quantitative estimate of drug-likeness (QED) is 0.568. The van der Waals surface area contributed by atoms with E-state index in [-0.39, 0.29) is 0 Å². The van der Waals surface area contributed by atoms with E-state index in [1.807, 2.05) is 0 Å². The van der Waals surface area contributed by atoms with Crippen LogP contribution in [0.2, 0.25) is 0 Å². The molecule has 0 atom stereocenters. The van der Waals surface area contributed by atoms with Gasteiger partial charge in [-0.3, -0.25) is 0 Å². The van der Waals surface area contributed by atoms with Crippen LogP contribution in [0.3, 0.4) is 0 Å². The Hall–Kier alpha value is 1.67. The molecule has 0 aromatic heterocycles. The topological polar surface area (TPSA) is 9.23 Å². The molecule has 0 aromatic carbocycles. The van der Waals surface area contributed by atoms with Gasteiger partial charge >= 0.3 is 0 Å². The molecule has 0 spiro atoms. The Balaban J connectivity index is 3.26. The lowest BCUT2D eigenvalue weighted by Crippen LogP contribution is -1.84. The van der Waals surface area contributed by atoms with Crippen molar-refractivity contribution in [2.24, 2.45) is 0 Å². The van der Waals surface area contributed by atoms with E-state index in [1.54, 1.807) is 0 Å². The third-order valence-electron chi connectivity index (χ3n) is 0.319. The second-order valence-electron chi connectivity index (χ2n) is 0.937. The zero-order chi connectivity index (χ0) is 6.62. The fourth-order valence-corrected chi connectivity index (χ4v) is 1.49. The lowest BCUT2D eigenvalue weighted by molar-refractivity contribution is 0.397. The average molecular weight is 258 g/mol. The van der Waals surface area contributed by atoms with Crippen LogP contribution in [0.5, 0.6) is 0 Å². The predicted molar refractivity (Wildman–Crippen MR) is 45.7 cm³/mol. The molecule has 50 valence electrons. The van der Waals surface area contributed by atoms with Crippen molar-refractivity contribution in [2.45, 2.75) is 0 Å². The third-order valence-corrected chi connectivity index (χ3v) is 2.03. The summed E-state index contributed by atoms with van der Waals surface area (Å²) >= 11 is 18.4. The van der Waals surface area contributed by atoms with Crippen LogP contribution in [0.15, 0.2) is 0 Å². The van der Waals surface area contributed by atoms with Gasteiger partial charge in [-0.25, -0.2) is 0 Å². The summed E-state index contributed by atoms with van der Waals surface area (Å²) in [6.07, 6.45) is 0. The molecule has 0 N–H and O–H groups in total. The highest BCUT2D eigenvalue weighted by atomic mass is 79.9. The SMILES string of the molecule is S=P(Cl)(Cl)OCCBr. The van der Waals surface area contributed by atoms with Gasteiger partial charge in [-0.1, -0.05) is 15.9 Å². The molecule has 0 aromatic rings. The molecule has 0 aliphatic rings. The minimum absolute atomic E-state index is 0.476.